The average molecular weight is 502 g/mol. The largest absolute Gasteiger partial charge is 0.492 e. The van der Waals surface area contributed by atoms with E-state index < -0.39 is 0 Å². The van der Waals surface area contributed by atoms with E-state index in [1.165, 1.54) is 29.8 Å². The number of halogens is 1. The van der Waals surface area contributed by atoms with Gasteiger partial charge in [0, 0.05) is 18.5 Å². The number of nitrogens with one attached hydrogen (secondary N) is 1. The second-order valence-electron chi connectivity index (χ2n) is 10.4. The maximum atomic E-state index is 13.0. The number of carbonyl (C=O) groups excluding carboxylic acids is 1. The van der Waals surface area contributed by atoms with Gasteiger partial charge in [-0.1, -0.05) is 51.5 Å². The molecule has 3 aromatic carbocycles. The van der Waals surface area contributed by atoms with Gasteiger partial charge in [0.1, 0.15) is 24.0 Å². The third-order valence-electron chi connectivity index (χ3n) is 6.51. The zero-order valence-electron chi connectivity index (χ0n) is 22.0. The Labute approximate surface area is 218 Å². The van der Waals surface area contributed by atoms with Gasteiger partial charge in [-0.3, -0.25) is 4.79 Å². The summed E-state index contributed by atoms with van der Waals surface area (Å²) in [4.78, 5) is 17.0. The van der Waals surface area contributed by atoms with Crippen LogP contribution in [0.15, 0.2) is 72.8 Å². The van der Waals surface area contributed by atoms with E-state index in [2.05, 4.69) is 48.9 Å². The standard InChI is InChI=1S/C31H36FN3O2/c1-31(2,3)24-14-18-26(19-15-24)37-22-21-35-28-10-7-6-9-27(28)34-29(35)11-5-4-8-20-33-30(36)23-12-16-25(32)17-13-23/h6-7,9-10,12-19H,4-5,8,11,20-22H2,1-3H3,(H,33,36). The molecule has 0 spiro atoms. The lowest BCUT2D eigenvalue weighted by Gasteiger charge is -2.19. The van der Waals surface area contributed by atoms with Crippen molar-refractivity contribution in [3.8, 4) is 5.75 Å². The molecule has 5 nitrogen and oxygen atoms in total. The van der Waals surface area contributed by atoms with Crippen LogP contribution >= 0.6 is 0 Å². The second-order valence-corrected chi connectivity index (χ2v) is 10.4. The lowest BCUT2D eigenvalue weighted by atomic mass is 9.87. The third kappa shape index (κ3) is 7.19. The molecule has 0 atom stereocenters. The van der Waals surface area contributed by atoms with Crippen LogP contribution in [0, 0.1) is 5.82 Å². The number of aromatic nitrogens is 2. The molecule has 1 N–H and O–H groups in total. The van der Waals surface area contributed by atoms with Crippen LogP contribution in [0.2, 0.25) is 0 Å². The third-order valence-corrected chi connectivity index (χ3v) is 6.51. The molecular formula is C31H36FN3O2. The van der Waals surface area contributed by atoms with Crippen molar-refractivity contribution in [2.75, 3.05) is 13.2 Å². The van der Waals surface area contributed by atoms with Gasteiger partial charge in [-0.2, -0.15) is 0 Å². The van der Waals surface area contributed by atoms with Crippen molar-refractivity contribution in [1.82, 2.24) is 14.9 Å². The summed E-state index contributed by atoms with van der Waals surface area (Å²) in [6.07, 6.45) is 3.69. The number of carbonyl (C=O) groups is 1. The summed E-state index contributed by atoms with van der Waals surface area (Å²) in [5.74, 6) is 1.42. The monoisotopic (exact) mass is 501 g/mol. The highest BCUT2D eigenvalue weighted by Gasteiger charge is 2.14. The Morgan fingerprint density at radius 3 is 2.41 bits per heavy atom. The van der Waals surface area contributed by atoms with Crippen LogP contribution in [0.3, 0.4) is 0 Å². The zero-order chi connectivity index (χ0) is 26.3. The van der Waals surface area contributed by atoms with Gasteiger partial charge >= 0.3 is 0 Å². The summed E-state index contributed by atoms with van der Waals surface area (Å²) in [5, 5.41) is 2.91. The molecule has 4 aromatic rings. The Kier molecular flexibility index (Phi) is 8.59. The van der Waals surface area contributed by atoms with Crippen LogP contribution in [-0.4, -0.2) is 28.6 Å². The first-order valence-corrected chi connectivity index (χ1v) is 13.0. The van der Waals surface area contributed by atoms with Crippen LogP contribution < -0.4 is 10.1 Å². The first-order chi connectivity index (χ1) is 17.8. The Morgan fingerprint density at radius 1 is 0.946 bits per heavy atom. The summed E-state index contributed by atoms with van der Waals surface area (Å²) in [7, 11) is 0. The maximum absolute atomic E-state index is 13.0. The van der Waals surface area contributed by atoms with E-state index in [9.17, 15) is 9.18 Å². The number of benzene rings is 3. The van der Waals surface area contributed by atoms with Gasteiger partial charge in [0.15, 0.2) is 0 Å². The van der Waals surface area contributed by atoms with Gasteiger partial charge in [-0.15, -0.1) is 0 Å². The van der Waals surface area contributed by atoms with Gasteiger partial charge < -0.3 is 14.6 Å². The van der Waals surface area contributed by atoms with Crippen molar-refractivity contribution in [2.45, 2.75) is 58.4 Å². The van der Waals surface area contributed by atoms with Crippen LogP contribution in [0.5, 0.6) is 5.75 Å². The number of hydrogen-bond acceptors (Lipinski definition) is 3. The number of ether oxygens (including phenoxy) is 1. The molecule has 0 saturated heterocycles. The van der Waals surface area contributed by atoms with Crippen molar-refractivity contribution in [3.05, 3.63) is 95.6 Å². The van der Waals surface area contributed by atoms with Crippen LogP contribution in [0.4, 0.5) is 4.39 Å². The number of aryl methyl sites for hydroxylation is 1. The number of unbranched alkanes of at least 4 members (excludes halogenated alkanes) is 2. The van der Waals surface area contributed by atoms with E-state index in [4.69, 9.17) is 9.72 Å². The minimum atomic E-state index is -0.344. The minimum Gasteiger partial charge on any atom is -0.492 e. The Bertz CT molecular complexity index is 1310. The molecule has 0 unspecified atom stereocenters. The molecular weight excluding hydrogens is 465 g/mol. The zero-order valence-corrected chi connectivity index (χ0v) is 22.0. The molecule has 194 valence electrons. The van der Waals surface area contributed by atoms with Gasteiger partial charge in [-0.25, -0.2) is 9.37 Å². The predicted molar refractivity (Wildman–Crippen MR) is 147 cm³/mol. The Balaban J connectivity index is 1.27. The average Bonchev–Trinajstić information content (AvgIpc) is 3.23. The number of para-hydroxylation sites is 2. The Hall–Kier alpha value is -3.67. The van der Waals surface area contributed by atoms with Crippen molar-refractivity contribution in [3.63, 3.8) is 0 Å². The van der Waals surface area contributed by atoms with Gasteiger partial charge in [-0.05, 0) is 72.4 Å². The summed E-state index contributed by atoms with van der Waals surface area (Å²) >= 11 is 0. The normalized spacial score (nSPS) is 11.6. The van der Waals surface area contributed by atoms with E-state index in [0.29, 0.717) is 18.7 Å². The van der Waals surface area contributed by atoms with E-state index in [1.807, 2.05) is 30.3 Å². The fourth-order valence-corrected chi connectivity index (χ4v) is 4.36. The molecule has 37 heavy (non-hydrogen) atoms. The molecule has 0 fully saturated rings. The van der Waals surface area contributed by atoms with Crippen molar-refractivity contribution in [2.24, 2.45) is 0 Å². The van der Waals surface area contributed by atoms with Gasteiger partial charge in [0.05, 0.1) is 17.6 Å². The van der Waals surface area contributed by atoms with Crippen LogP contribution in [0.25, 0.3) is 11.0 Å². The molecule has 0 aliphatic carbocycles. The molecule has 1 heterocycles. The van der Waals surface area contributed by atoms with Crippen molar-refractivity contribution in [1.29, 1.82) is 0 Å². The molecule has 6 heteroatoms. The smallest absolute Gasteiger partial charge is 0.251 e. The topological polar surface area (TPSA) is 56.1 Å². The Morgan fingerprint density at radius 2 is 1.68 bits per heavy atom. The summed E-state index contributed by atoms with van der Waals surface area (Å²) < 4.78 is 21.4. The van der Waals surface area contributed by atoms with E-state index in [0.717, 1.165) is 54.8 Å². The minimum absolute atomic E-state index is 0.122. The summed E-state index contributed by atoms with van der Waals surface area (Å²) in [5.41, 5.74) is 4.01. The number of fused-ring (bicyclic) bond motifs is 1. The molecule has 1 aromatic heterocycles. The number of nitrogens with zero attached hydrogens (tertiary/aromatic N) is 2. The highest BCUT2D eigenvalue weighted by Crippen LogP contribution is 2.24. The summed E-state index contributed by atoms with van der Waals surface area (Å²) in [6, 6.07) is 22.2. The van der Waals surface area contributed by atoms with Gasteiger partial charge in [0.25, 0.3) is 5.91 Å². The fourth-order valence-electron chi connectivity index (χ4n) is 4.36. The molecule has 0 aliphatic heterocycles. The lowest BCUT2D eigenvalue weighted by Crippen LogP contribution is -2.24. The van der Waals surface area contributed by atoms with Crippen molar-refractivity contribution < 1.29 is 13.9 Å². The lowest BCUT2D eigenvalue weighted by molar-refractivity contribution is 0.0953. The van der Waals surface area contributed by atoms with Crippen molar-refractivity contribution >= 4 is 16.9 Å². The molecule has 0 saturated carbocycles. The molecule has 0 bridgehead atoms. The van der Waals surface area contributed by atoms with Crippen LogP contribution in [0.1, 0.15) is 61.8 Å². The highest BCUT2D eigenvalue weighted by molar-refractivity contribution is 5.94. The first kappa shape index (κ1) is 26.4. The second kappa shape index (κ2) is 12.0. The number of rotatable bonds is 11. The van der Waals surface area contributed by atoms with E-state index in [-0.39, 0.29) is 17.1 Å². The first-order valence-electron chi connectivity index (χ1n) is 13.0. The number of amides is 1. The van der Waals surface area contributed by atoms with Gasteiger partial charge in [0.2, 0.25) is 0 Å². The SMILES string of the molecule is CC(C)(C)c1ccc(OCCn2c(CCCCCNC(=O)c3ccc(F)cc3)nc3ccccc32)cc1. The summed E-state index contributed by atoms with van der Waals surface area (Å²) in [6.45, 7) is 8.51. The molecule has 0 radical (unpaired) electrons. The molecule has 0 aliphatic rings. The predicted octanol–water partition coefficient (Wildman–Crippen LogP) is 6.69. The van der Waals surface area contributed by atoms with Crippen LogP contribution in [-0.2, 0) is 18.4 Å². The number of hydrogen-bond donors (Lipinski definition) is 1. The number of imidazole rings is 1. The van der Waals surface area contributed by atoms with E-state index >= 15 is 0 Å². The van der Waals surface area contributed by atoms with E-state index in [1.54, 1.807) is 0 Å². The highest BCUT2D eigenvalue weighted by atomic mass is 19.1. The molecule has 1 amide bonds. The quantitative estimate of drug-likeness (QED) is 0.233. The fraction of sp³-hybridized carbons (Fsp3) is 0.355. The molecule has 4 rings (SSSR count). The maximum Gasteiger partial charge on any atom is 0.251 e.